The molecule has 146 valence electrons. The van der Waals surface area contributed by atoms with Gasteiger partial charge in [0.1, 0.15) is 5.75 Å². The first-order valence-electron chi connectivity index (χ1n) is 8.16. The van der Waals surface area contributed by atoms with E-state index in [-0.39, 0.29) is 18.0 Å². The van der Waals surface area contributed by atoms with Crippen molar-refractivity contribution < 1.29 is 22.7 Å². The minimum Gasteiger partial charge on any atom is -0.497 e. The fraction of sp³-hybridized carbons (Fsp3) is 0.158. The number of hydrogen-bond donors (Lipinski definition) is 2. The number of hydrogen-bond acceptors (Lipinski definition) is 5. The molecule has 0 fully saturated rings. The summed E-state index contributed by atoms with van der Waals surface area (Å²) in [5.74, 6) is 0.434. The predicted molar refractivity (Wildman–Crippen MR) is 102 cm³/mol. The lowest BCUT2D eigenvalue weighted by molar-refractivity contribution is -0.137. The van der Waals surface area contributed by atoms with E-state index in [1.54, 1.807) is 36.8 Å². The van der Waals surface area contributed by atoms with Gasteiger partial charge in [0.05, 0.1) is 24.8 Å². The number of methoxy groups -OCH3 is 1. The van der Waals surface area contributed by atoms with Crippen LogP contribution in [0.5, 0.6) is 5.75 Å². The van der Waals surface area contributed by atoms with Crippen molar-refractivity contribution in [3.8, 4) is 5.75 Å². The van der Waals surface area contributed by atoms with Crippen LogP contribution < -0.4 is 15.4 Å². The van der Waals surface area contributed by atoms with Crippen LogP contribution in [0.25, 0.3) is 0 Å². The number of carbonyl (C=O) groups excluding carboxylic acids is 1. The number of thiazole rings is 1. The van der Waals surface area contributed by atoms with E-state index in [1.807, 2.05) is 0 Å². The van der Waals surface area contributed by atoms with Crippen LogP contribution in [0, 0.1) is 0 Å². The normalized spacial score (nSPS) is 11.1. The number of halogens is 3. The second-order valence-corrected chi connectivity index (χ2v) is 6.66. The van der Waals surface area contributed by atoms with Crippen LogP contribution in [0.15, 0.2) is 53.9 Å². The highest BCUT2D eigenvalue weighted by molar-refractivity contribution is 7.13. The van der Waals surface area contributed by atoms with E-state index in [9.17, 15) is 18.0 Å². The van der Waals surface area contributed by atoms with Crippen molar-refractivity contribution in [2.24, 2.45) is 0 Å². The van der Waals surface area contributed by atoms with Gasteiger partial charge in [0.25, 0.3) is 0 Å². The second kappa shape index (κ2) is 8.30. The lowest BCUT2D eigenvalue weighted by Gasteiger charge is -2.09. The smallest absolute Gasteiger partial charge is 0.416 e. The standard InChI is InChI=1S/C19H16F3N3O2S/c1-27-16-7-5-13(6-8-16)23-17(26)10-15-11-28-18(25-15)24-14-4-2-3-12(9-14)19(20,21)22/h2-9,11H,10H2,1H3,(H,23,26)(H,24,25). The molecule has 9 heteroatoms. The first-order chi connectivity index (χ1) is 13.3. The average molecular weight is 407 g/mol. The Morgan fingerprint density at radius 3 is 2.57 bits per heavy atom. The molecule has 0 aliphatic heterocycles. The number of aromatic nitrogens is 1. The molecule has 0 radical (unpaired) electrons. The van der Waals surface area contributed by atoms with Crippen LogP contribution in [0.3, 0.4) is 0 Å². The predicted octanol–water partition coefficient (Wildman–Crippen LogP) is 5.10. The van der Waals surface area contributed by atoms with Gasteiger partial charge in [-0.2, -0.15) is 13.2 Å². The molecular formula is C19H16F3N3O2S. The van der Waals surface area contributed by atoms with Crippen molar-refractivity contribution >= 4 is 33.8 Å². The molecule has 3 aromatic rings. The number of anilines is 3. The summed E-state index contributed by atoms with van der Waals surface area (Å²) in [7, 11) is 1.56. The van der Waals surface area contributed by atoms with Gasteiger partial charge in [0.15, 0.2) is 5.13 Å². The van der Waals surface area contributed by atoms with E-state index in [4.69, 9.17) is 4.74 Å². The maximum Gasteiger partial charge on any atom is 0.416 e. The first kappa shape index (κ1) is 19.7. The summed E-state index contributed by atoms with van der Waals surface area (Å²) in [6.45, 7) is 0. The molecule has 1 amide bonds. The number of amides is 1. The summed E-state index contributed by atoms with van der Waals surface area (Å²) in [6, 6.07) is 11.8. The zero-order valence-electron chi connectivity index (χ0n) is 14.7. The Labute approximate surface area is 163 Å². The highest BCUT2D eigenvalue weighted by atomic mass is 32.1. The maximum absolute atomic E-state index is 12.8. The average Bonchev–Trinajstić information content (AvgIpc) is 3.08. The van der Waals surface area contributed by atoms with Gasteiger partial charge in [-0.3, -0.25) is 4.79 Å². The molecule has 0 saturated heterocycles. The van der Waals surface area contributed by atoms with Gasteiger partial charge in [-0.15, -0.1) is 11.3 Å². The Hall–Kier alpha value is -3.07. The van der Waals surface area contributed by atoms with Crippen molar-refractivity contribution in [2.45, 2.75) is 12.6 Å². The molecule has 1 aromatic heterocycles. The van der Waals surface area contributed by atoms with Gasteiger partial charge >= 0.3 is 6.18 Å². The Morgan fingerprint density at radius 2 is 1.89 bits per heavy atom. The minimum atomic E-state index is -4.41. The summed E-state index contributed by atoms with van der Waals surface area (Å²) >= 11 is 1.21. The quantitative estimate of drug-likeness (QED) is 0.597. The molecule has 2 N–H and O–H groups in total. The van der Waals surface area contributed by atoms with Crippen LogP contribution in [0.4, 0.5) is 29.7 Å². The molecular weight excluding hydrogens is 391 g/mol. The van der Waals surface area contributed by atoms with Crippen molar-refractivity contribution in [2.75, 3.05) is 17.7 Å². The fourth-order valence-electron chi connectivity index (χ4n) is 2.39. The van der Waals surface area contributed by atoms with E-state index in [0.29, 0.717) is 22.3 Å². The molecule has 2 aromatic carbocycles. The largest absolute Gasteiger partial charge is 0.497 e. The van der Waals surface area contributed by atoms with Gasteiger partial charge in [-0.25, -0.2) is 4.98 Å². The van der Waals surface area contributed by atoms with Crippen LogP contribution in [-0.4, -0.2) is 18.0 Å². The second-order valence-electron chi connectivity index (χ2n) is 5.80. The molecule has 0 spiro atoms. The SMILES string of the molecule is COc1ccc(NC(=O)Cc2csc(Nc3cccc(C(F)(F)F)c3)n2)cc1. The number of ether oxygens (including phenoxy) is 1. The van der Waals surface area contributed by atoms with Crippen LogP contribution in [0.1, 0.15) is 11.3 Å². The number of rotatable bonds is 6. The third-order valence-corrected chi connectivity index (χ3v) is 4.51. The molecule has 28 heavy (non-hydrogen) atoms. The zero-order valence-corrected chi connectivity index (χ0v) is 15.5. The summed E-state index contributed by atoms with van der Waals surface area (Å²) in [5.41, 5.74) is 0.681. The molecule has 0 bridgehead atoms. The monoisotopic (exact) mass is 407 g/mol. The third kappa shape index (κ3) is 5.23. The van der Waals surface area contributed by atoms with Gasteiger partial charge in [0, 0.05) is 16.8 Å². The Morgan fingerprint density at radius 1 is 1.14 bits per heavy atom. The number of nitrogens with one attached hydrogen (secondary N) is 2. The van der Waals surface area contributed by atoms with E-state index >= 15 is 0 Å². The minimum absolute atomic E-state index is 0.0484. The van der Waals surface area contributed by atoms with Gasteiger partial charge in [0.2, 0.25) is 5.91 Å². The molecule has 0 saturated carbocycles. The topological polar surface area (TPSA) is 63.2 Å². The first-order valence-corrected chi connectivity index (χ1v) is 9.04. The zero-order chi connectivity index (χ0) is 20.1. The van der Waals surface area contributed by atoms with Gasteiger partial charge < -0.3 is 15.4 Å². The highest BCUT2D eigenvalue weighted by Crippen LogP contribution is 2.31. The molecule has 0 aliphatic carbocycles. The van der Waals surface area contributed by atoms with Crippen LogP contribution in [-0.2, 0) is 17.4 Å². The van der Waals surface area contributed by atoms with E-state index in [0.717, 1.165) is 12.1 Å². The summed E-state index contributed by atoms with van der Waals surface area (Å²) in [6.07, 6.45) is -4.36. The Bertz CT molecular complexity index is 956. The van der Waals surface area contributed by atoms with Gasteiger partial charge in [-0.1, -0.05) is 6.07 Å². The van der Waals surface area contributed by atoms with E-state index < -0.39 is 11.7 Å². The maximum atomic E-state index is 12.8. The number of nitrogens with zero attached hydrogens (tertiary/aromatic N) is 1. The molecule has 0 atom stereocenters. The molecule has 1 heterocycles. The lowest BCUT2D eigenvalue weighted by atomic mass is 10.2. The van der Waals surface area contributed by atoms with Gasteiger partial charge in [-0.05, 0) is 42.5 Å². The van der Waals surface area contributed by atoms with Crippen molar-refractivity contribution in [1.82, 2.24) is 4.98 Å². The Balaban J connectivity index is 1.60. The Kier molecular flexibility index (Phi) is 5.84. The third-order valence-electron chi connectivity index (χ3n) is 3.71. The highest BCUT2D eigenvalue weighted by Gasteiger charge is 2.30. The molecule has 5 nitrogen and oxygen atoms in total. The number of carbonyl (C=O) groups is 1. The van der Waals surface area contributed by atoms with Crippen LogP contribution >= 0.6 is 11.3 Å². The fourth-order valence-corrected chi connectivity index (χ4v) is 3.12. The molecule has 0 unspecified atom stereocenters. The van der Waals surface area contributed by atoms with Crippen molar-refractivity contribution in [3.63, 3.8) is 0 Å². The van der Waals surface area contributed by atoms with Crippen LogP contribution in [0.2, 0.25) is 0 Å². The lowest BCUT2D eigenvalue weighted by Crippen LogP contribution is -2.14. The summed E-state index contributed by atoms with van der Waals surface area (Å²) < 4.78 is 43.4. The molecule has 3 rings (SSSR count). The van der Waals surface area contributed by atoms with Crippen molar-refractivity contribution in [3.05, 3.63) is 65.2 Å². The van der Waals surface area contributed by atoms with E-state index in [2.05, 4.69) is 15.6 Å². The number of benzene rings is 2. The molecule has 0 aliphatic rings. The van der Waals surface area contributed by atoms with Crippen molar-refractivity contribution in [1.29, 1.82) is 0 Å². The number of alkyl halides is 3. The summed E-state index contributed by atoms with van der Waals surface area (Å²) in [4.78, 5) is 16.4. The summed E-state index contributed by atoms with van der Waals surface area (Å²) in [5, 5.41) is 7.68. The van der Waals surface area contributed by atoms with E-state index in [1.165, 1.54) is 23.5 Å².